The van der Waals surface area contributed by atoms with Gasteiger partial charge in [-0.1, -0.05) is 12.1 Å². The minimum Gasteiger partial charge on any atom is -0.462 e. The van der Waals surface area contributed by atoms with Crippen molar-refractivity contribution in [3.05, 3.63) is 60.7 Å². The van der Waals surface area contributed by atoms with E-state index in [4.69, 9.17) is 4.74 Å². The summed E-state index contributed by atoms with van der Waals surface area (Å²) >= 11 is 0. The molecule has 0 amide bonds. The Labute approximate surface area is 104 Å². The highest BCUT2D eigenvalue weighted by atomic mass is 16.5. The van der Waals surface area contributed by atoms with Crippen molar-refractivity contribution in [2.45, 2.75) is 20.3 Å². The number of carbonyl (C=O) groups excluding carboxylic acids is 1. The topological polar surface area (TPSA) is 26.3 Å². The molecule has 0 heterocycles. The standard InChI is InChI=1S/C13H16O2.C2H4/c1-4-6-11-7-10(3)8-12(9-11)13(14)15-5-2;1-2/h4,7-9H,1,5-6H2,2-3H3;1-2H2. The highest BCUT2D eigenvalue weighted by Gasteiger charge is 2.07. The molecule has 1 rings (SSSR count). The Morgan fingerprint density at radius 3 is 2.53 bits per heavy atom. The molecule has 1 aromatic rings. The fourth-order valence-corrected chi connectivity index (χ4v) is 1.48. The van der Waals surface area contributed by atoms with Crippen LogP contribution < -0.4 is 0 Å². The van der Waals surface area contributed by atoms with Crippen LogP contribution in [0.1, 0.15) is 28.4 Å². The Balaban J connectivity index is 0.00000121. The third-order valence-corrected chi connectivity index (χ3v) is 2.03. The molecule has 1 aromatic carbocycles. The van der Waals surface area contributed by atoms with Crippen molar-refractivity contribution in [1.29, 1.82) is 0 Å². The summed E-state index contributed by atoms with van der Waals surface area (Å²) in [5.74, 6) is -0.258. The molecule has 0 atom stereocenters. The maximum atomic E-state index is 11.5. The maximum absolute atomic E-state index is 11.5. The molecule has 2 heteroatoms. The monoisotopic (exact) mass is 232 g/mol. The van der Waals surface area contributed by atoms with E-state index in [0.717, 1.165) is 17.5 Å². The average Bonchev–Trinajstić information content (AvgIpc) is 2.31. The number of carbonyl (C=O) groups is 1. The van der Waals surface area contributed by atoms with Crippen LogP contribution in [0.25, 0.3) is 0 Å². The van der Waals surface area contributed by atoms with E-state index in [1.807, 2.05) is 31.2 Å². The number of esters is 1. The third kappa shape index (κ3) is 5.16. The summed E-state index contributed by atoms with van der Waals surface area (Å²) in [4.78, 5) is 11.5. The van der Waals surface area contributed by atoms with Crippen LogP contribution in [0.15, 0.2) is 44.0 Å². The quantitative estimate of drug-likeness (QED) is 0.584. The van der Waals surface area contributed by atoms with Crippen LogP contribution in [-0.4, -0.2) is 12.6 Å². The second-order valence-corrected chi connectivity index (χ2v) is 3.42. The predicted octanol–water partition coefficient (Wildman–Crippen LogP) is 3.70. The van der Waals surface area contributed by atoms with Gasteiger partial charge in [0.15, 0.2) is 0 Å². The van der Waals surface area contributed by atoms with Crippen LogP contribution in [0.2, 0.25) is 0 Å². The van der Waals surface area contributed by atoms with E-state index in [1.165, 1.54) is 0 Å². The van der Waals surface area contributed by atoms with E-state index in [0.29, 0.717) is 12.2 Å². The first-order valence-corrected chi connectivity index (χ1v) is 5.56. The molecule has 0 aliphatic heterocycles. The van der Waals surface area contributed by atoms with Crippen LogP contribution >= 0.6 is 0 Å². The van der Waals surface area contributed by atoms with E-state index in [1.54, 1.807) is 6.92 Å². The summed E-state index contributed by atoms with van der Waals surface area (Å²) < 4.78 is 4.95. The van der Waals surface area contributed by atoms with Gasteiger partial charge in [-0.05, 0) is 43.5 Å². The van der Waals surface area contributed by atoms with Crippen LogP contribution in [-0.2, 0) is 11.2 Å². The number of allylic oxidation sites excluding steroid dienone is 1. The number of hydrogen-bond donors (Lipinski definition) is 0. The highest BCUT2D eigenvalue weighted by Crippen LogP contribution is 2.12. The van der Waals surface area contributed by atoms with Gasteiger partial charge in [-0.2, -0.15) is 0 Å². The van der Waals surface area contributed by atoms with Crippen LogP contribution in [0.4, 0.5) is 0 Å². The lowest BCUT2D eigenvalue weighted by Gasteiger charge is -2.05. The number of rotatable bonds is 4. The first kappa shape index (κ1) is 15.2. The fraction of sp³-hybridized carbons (Fsp3) is 0.267. The van der Waals surface area contributed by atoms with Gasteiger partial charge in [-0.25, -0.2) is 4.79 Å². The van der Waals surface area contributed by atoms with Gasteiger partial charge in [-0.3, -0.25) is 0 Å². The van der Waals surface area contributed by atoms with Gasteiger partial charge in [-0.15, -0.1) is 19.7 Å². The van der Waals surface area contributed by atoms with Crippen molar-refractivity contribution in [1.82, 2.24) is 0 Å². The van der Waals surface area contributed by atoms with Gasteiger partial charge in [0.2, 0.25) is 0 Å². The van der Waals surface area contributed by atoms with E-state index in [-0.39, 0.29) is 5.97 Å². The first-order chi connectivity index (χ1) is 8.17. The minimum absolute atomic E-state index is 0.258. The zero-order valence-corrected chi connectivity index (χ0v) is 10.7. The Kier molecular flexibility index (Phi) is 7.44. The molecule has 0 aromatic heterocycles. The van der Waals surface area contributed by atoms with Crippen molar-refractivity contribution in [3.8, 4) is 0 Å². The Bertz CT molecular complexity index is 381. The average molecular weight is 232 g/mol. The molecule has 0 N–H and O–H groups in total. The molecule has 0 saturated heterocycles. The smallest absolute Gasteiger partial charge is 0.338 e. The largest absolute Gasteiger partial charge is 0.462 e. The van der Waals surface area contributed by atoms with E-state index >= 15 is 0 Å². The molecule has 0 bridgehead atoms. The summed E-state index contributed by atoms with van der Waals surface area (Å²) in [6.45, 7) is 13.9. The molecular weight excluding hydrogens is 212 g/mol. The number of hydrogen-bond acceptors (Lipinski definition) is 2. The van der Waals surface area contributed by atoms with Crippen molar-refractivity contribution in [2.75, 3.05) is 6.61 Å². The molecule has 0 fully saturated rings. The highest BCUT2D eigenvalue weighted by molar-refractivity contribution is 5.89. The second kappa shape index (κ2) is 8.34. The van der Waals surface area contributed by atoms with Gasteiger partial charge in [0.1, 0.15) is 0 Å². The van der Waals surface area contributed by atoms with Gasteiger partial charge in [0.05, 0.1) is 12.2 Å². The SMILES string of the molecule is C=C.C=CCc1cc(C)cc(C(=O)OCC)c1. The van der Waals surface area contributed by atoms with Gasteiger partial charge in [0.25, 0.3) is 0 Å². The van der Waals surface area contributed by atoms with Crippen LogP contribution in [0.5, 0.6) is 0 Å². The number of aryl methyl sites for hydroxylation is 1. The lowest BCUT2D eigenvalue weighted by molar-refractivity contribution is 0.0526. The first-order valence-electron chi connectivity index (χ1n) is 5.56. The van der Waals surface area contributed by atoms with Crippen molar-refractivity contribution in [2.24, 2.45) is 0 Å². The number of ether oxygens (including phenoxy) is 1. The van der Waals surface area contributed by atoms with E-state index in [9.17, 15) is 4.79 Å². The van der Waals surface area contributed by atoms with E-state index in [2.05, 4.69) is 19.7 Å². The molecular formula is C15H20O2. The molecule has 0 spiro atoms. The Morgan fingerprint density at radius 2 is 2.00 bits per heavy atom. The molecule has 0 saturated carbocycles. The molecule has 0 radical (unpaired) electrons. The zero-order valence-electron chi connectivity index (χ0n) is 10.7. The summed E-state index contributed by atoms with van der Waals surface area (Å²) in [6.07, 6.45) is 2.60. The molecule has 0 aliphatic carbocycles. The van der Waals surface area contributed by atoms with Gasteiger partial charge >= 0.3 is 5.97 Å². The van der Waals surface area contributed by atoms with Crippen molar-refractivity contribution in [3.63, 3.8) is 0 Å². The predicted molar refractivity (Wildman–Crippen MR) is 72.3 cm³/mol. The fourth-order valence-electron chi connectivity index (χ4n) is 1.48. The van der Waals surface area contributed by atoms with Gasteiger partial charge < -0.3 is 4.74 Å². The summed E-state index contributed by atoms with van der Waals surface area (Å²) in [7, 11) is 0. The molecule has 17 heavy (non-hydrogen) atoms. The second-order valence-electron chi connectivity index (χ2n) is 3.42. The Hall–Kier alpha value is -1.83. The Morgan fingerprint density at radius 1 is 1.35 bits per heavy atom. The maximum Gasteiger partial charge on any atom is 0.338 e. The number of benzene rings is 1. The van der Waals surface area contributed by atoms with Gasteiger partial charge in [0, 0.05) is 0 Å². The lowest BCUT2D eigenvalue weighted by Crippen LogP contribution is -2.05. The summed E-state index contributed by atoms with van der Waals surface area (Å²) in [5, 5.41) is 0. The molecule has 92 valence electrons. The normalized spacial score (nSPS) is 8.82. The zero-order chi connectivity index (χ0) is 13.3. The lowest BCUT2D eigenvalue weighted by atomic mass is 10.0. The van der Waals surface area contributed by atoms with Crippen molar-refractivity contribution >= 4 is 5.97 Å². The van der Waals surface area contributed by atoms with Crippen LogP contribution in [0.3, 0.4) is 0 Å². The molecule has 0 aliphatic rings. The van der Waals surface area contributed by atoms with Crippen molar-refractivity contribution < 1.29 is 9.53 Å². The minimum atomic E-state index is -0.258. The van der Waals surface area contributed by atoms with E-state index < -0.39 is 0 Å². The van der Waals surface area contributed by atoms with Crippen LogP contribution in [0, 0.1) is 6.92 Å². The summed E-state index contributed by atoms with van der Waals surface area (Å²) in [6, 6.07) is 5.74. The molecule has 0 unspecified atom stereocenters. The third-order valence-electron chi connectivity index (χ3n) is 2.03. The molecule has 2 nitrogen and oxygen atoms in total. The summed E-state index contributed by atoms with van der Waals surface area (Å²) in [5.41, 5.74) is 2.78.